The Kier molecular flexibility index (Phi) is 8.05. The Bertz CT molecular complexity index is 861. The zero-order valence-corrected chi connectivity index (χ0v) is 15.9. The molecule has 0 bridgehead atoms. The topological polar surface area (TPSA) is 94.1 Å². The lowest BCUT2D eigenvalue weighted by atomic mass is 9.97. The van der Waals surface area contributed by atoms with E-state index in [1.54, 1.807) is 24.3 Å². The number of hydrogen-bond donors (Lipinski definition) is 2. The molecule has 2 unspecified atom stereocenters. The van der Waals surface area contributed by atoms with E-state index in [9.17, 15) is 23.5 Å². The number of benzene rings is 2. The highest BCUT2D eigenvalue weighted by molar-refractivity contribution is 5.84. The SMILES string of the molecule is COC(=O)C(Cc1cccc(COC(=O)Nc2ccc(F)cc2F)c1)C(O)OC. The summed E-state index contributed by atoms with van der Waals surface area (Å²) in [7, 11) is 2.48. The fourth-order valence-corrected chi connectivity index (χ4v) is 2.60. The number of rotatable bonds is 8. The lowest BCUT2D eigenvalue weighted by Gasteiger charge is -2.19. The molecular weight excluding hydrogens is 388 g/mol. The second kappa shape index (κ2) is 10.5. The van der Waals surface area contributed by atoms with Crippen molar-refractivity contribution in [2.45, 2.75) is 19.3 Å². The molecule has 0 spiro atoms. The van der Waals surface area contributed by atoms with Crippen LogP contribution in [0, 0.1) is 17.6 Å². The summed E-state index contributed by atoms with van der Waals surface area (Å²) in [4.78, 5) is 23.7. The first-order valence-corrected chi connectivity index (χ1v) is 8.59. The molecular formula is C20H21F2NO6. The molecule has 156 valence electrons. The van der Waals surface area contributed by atoms with Crippen molar-refractivity contribution in [1.29, 1.82) is 0 Å². The monoisotopic (exact) mass is 409 g/mol. The minimum atomic E-state index is -1.33. The number of hydrogen-bond acceptors (Lipinski definition) is 6. The van der Waals surface area contributed by atoms with Crippen molar-refractivity contribution in [1.82, 2.24) is 0 Å². The minimum absolute atomic E-state index is 0.127. The molecule has 1 amide bonds. The summed E-state index contributed by atoms with van der Waals surface area (Å²) in [5.41, 5.74) is 1.08. The van der Waals surface area contributed by atoms with Gasteiger partial charge in [0.25, 0.3) is 0 Å². The van der Waals surface area contributed by atoms with Crippen LogP contribution in [0.1, 0.15) is 11.1 Å². The maximum Gasteiger partial charge on any atom is 0.412 e. The molecule has 0 saturated heterocycles. The molecule has 0 fully saturated rings. The van der Waals surface area contributed by atoms with E-state index in [0.717, 1.165) is 12.1 Å². The Hall–Kier alpha value is -3.04. The fourth-order valence-electron chi connectivity index (χ4n) is 2.60. The largest absolute Gasteiger partial charge is 0.469 e. The zero-order chi connectivity index (χ0) is 21.4. The molecule has 29 heavy (non-hydrogen) atoms. The Morgan fingerprint density at radius 2 is 1.83 bits per heavy atom. The van der Waals surface area contributed by atoms with Gasteiger partial charge in [0.05, 0.1) is 12.8 Å². The van der Waals surface area contributed by atoms with Gasteiger partial charge in [0.2, 0.25) is 0 Å². The molecule has 7 nitrogen and oxygen atoms in total. The molecule has 0 radical (unpaired) electrons. The van der Waals surface area contributed by atoms with Gasteiger partial charge < -0.3 is 19.3 Å². The third-order valence-corrected chi connectivity index (χ3v) is 4.07. The van der Waals surface area contributed by atoms with Crippen LogP contribution in [-0.4, -0.2) is 37.7 Å². The van der Waals surface area contributed by atoms with Crippen LogP contribution in [0.4, 0.5) is 19.3 Å². The van der Waals surface area contributed by atoms with Crippen molar-refractivity contribution in [2.75, 3.05) is 19.5 Å². The Balaban J connectivity index is 1.98. The first-order valence-electron chi connectivity index (χ1n) is 8.59. The van der Waals surface area contributed by atoms with Crippen LogP contribution in [0.2, 0.25) is 0 Å². The molecule has 0 aliphatic rings. The second-order valence-corrected chi connectivity index (χ2v) is 6.11. The Labute approximate surface area is 166 Å². The molecule has 2 atom stereocenters. The predicted octanol–water partition coefficient (Wildman–Crippen LogP) is 3.01. The molecule has 0 aromatic heterocycles. The van der Waals surface area contributed by atoms with Gasteiger partial charge in [-0.25, -0.2) is 13.6 Å². The Morgan fingerprint density at radius 3 is 2.48 bits per heavy atom. The van der Waals surface area contributed by atoms with Crippen molar-refractivity contribution in [2.24, 2.45) is 5.92 Å². The van der Waals surface area contributed by atoms with Crippen LogP contribution in [0.3, 0.4) is 0 Å². The van der Waals surface area contributed by atoms with Gasteiger partial charge in [-0.05, 0) is 29.7 Å². The molecule has 2 aromatic rings. The van der Waals surface area contributed by atoms with Crippen molar-refractivity contribution in [3.05, 3.63) is 65.2 Å². The number of nitrogens with one attached hydrogen (secondary N) is 1. The van der Waals surface area contributed by atoms with Crippen LogP contribution in [0.5, 0.6) is 0 Å². The van der Waals surface area contributed by atoms with Gasteiger partial charge in [-0.3, -0.25) is 10.1 Å². The molecule has 9 heteroatoms. The van der Waals surface area contributed by atoms with Crippen molar-refractivity contribution in [3.63, 3.8) is 0 Å². The normalized spacial score (nSPS) is 12.7. The highest BCUT2D eigenvalue weighted by Gasteiger charge is 2.28. The Morgan fingerprint density at radius 1 is 1.10 bits per heavy atom. The molecule has 2 rings (SSSR count). The van der Waals surface area contributed by atoms with Gasteiger partial charge >= 0.3 is 12.1 Å². The molecule has 2 aromatic carbocycles. The lowest BCUT2D eigenvalue weighted by Crippen LogP contribution is -2.32. The number of aliphatic hydroxyl groups excluding tert-OH is 1. The average molecular weight is 409 g/mol. The number of amides is 1. The van der Waals surface area contributed by atoms with Crippen LogP contribution in [0.25, 0.3) is 0 Å². The summed E-state index contributed by atoms with van der Waals surface area (Å²) in [6, 6.07) is 9.54. The molecule has 0 aliphatic carbocycles. The van der Waals surface area contributed by atoms with E-state index in [2.05, 4.69) is 10.1 Å². The highest BCUT2D eigenvalue weighted by atomic mass is 19.1. The van der Waals surface area contributed by atoms with Crippen molar-refractivity contribution < 1.29 is 37.7 Å². The molecule has 0 saturated carbocycles. The van der Waals surface area contributed by atoms with E-state index in [1.807, 2.05) is 0 Å². The van der Waals surface area contributed by atoms with Crippen molar-refractivity contribution in [3.8, 4) is 0 Å². The van der Waals surface area contributed by atoms with E-state index in [4.69, 9.17) is 9.47 Å². The number of halogens is 2. The quantitative estimate of drug-likeness (QED) is 0.514. The van der Waals surface area contributed by atoms with E-state index >= 15 is 0 Å². The summed E-state index contributed by atoms with van der Waals surface area (Å²) in [6.45, 7) is -0.127. The van der Waals surface area contributed by atoms with E-state index in [0.29, 0.717) is 17.2 Å². The van der Waals surface area contributed by atoms with E-state index in [-0.39, 0.29) is 18.7 Å². The van der Waals surface area contributed by atoms with Gasteiger partial charge in [-0.2, -0.15) is 0 Å². The standard InChI is InChI=1S/C20H21F2NO6/c1-27-18(24)15(19(25)28-2)9-12-4-3-5-13(8-12)11-29-20(26)23-17-7-6-14(21)10-16(17)22/h3-8,10,15,18,24H,9,11H2,1-2H3,(H,23,26). The zero-order valence-electron chi connectivity index (χ0n) is 15.9. The second-order valence-electron chi connectivity index (χ2n) is 6.11. The first-order chi connectivity index (χ1) is 13.8. The minimum Gasteiger partial charge on any atom is -0.469 e. The van der Waals surface area contributed by atoms with Crippen LogP contribution >= 0.6 is 0 Å². The maximum absolute atomic E-state index is 13.6. The molecule has 2 N–H and O–H groups in total. The highest BCUT2D eigenvalue weighted by Crippen LogP contribution is 2.18. The summed E-state index contributed by atoms with van der Waals surface area (Å²) >= 11 is 0. The number of methoxy groups -OCH3 is 2. The first kappa shape index (κ1) is 22.3. The third kappa shape index (κ3) is 6.51. The summed E-state index contributed by atoms with van der Waals surface area (Å²) in [5.74, 6) is -3.23. The number of aliphatic hydroxyl groups is 1. The van der Waals surface area contributed by atoms with Gasteiger partial charge in [0, 0.05) is 13.2 Å². The number of ether oxygens (including phenoxy) is 3. The number of esters is 1. The van der Waals surface area contributed by atoms with Gasteiger partial charge in [0.1, 0.15) is 24.2 Å². The number of anilines is 1. The maximum atomic E-state index is 13.6. The average Bonchev–Trinajstić information content (AvgIpc) is 2.71. The lowest BCUT2D eigenvalue weighted by molar-refractivity contribution is -0.167. The molecule has 0 heterocycles. The third-order valence-electron chi connectivity index (χ3n) is 4.07. The number of carbonyl (C=O) groups is 2. The van der Waals surface area contributed by atoms with E-state index in [1.165, 1.54) is 14.2 Å². The fraction of sp³-hybridized carbons (Fsp3) is 0.300. The van der Waals surface area contributed by atoms with Gasteiger partial charge in [-0.15, -0.1) is 0 Å². The van der Waals surface area contributed by atoms with Gasteiger partial charge in [-0.1, -0.05) is 24.3 Å². The summed E-state index contributed by atoms with van der Waals surface area (Å²) < 4.78 is 41.0. The van der Waals surface area contributed by atoms with E-state index < -0.39 is 35.9 Å². The smallest absolute Gasteiger partial charge is 0.412 e. The van der Waals surface area contributed by atoms with Crippen LogP contribution < -0.4 is 5.32 Å². The van der Waals surface area contributed by atoms with Gasteiger partial charge in [0.15, 0.2) is 6.29 Å². The predicted molar refractivity (Wildman–Crippen MR) is 98.8 cm³/mol. The summed E-state index contributed by atoms with van der Waals surface area (Å²) in [5, 5.41) is 12.0. The van der Waals surface area contributed by atoms with Crippen molar-refractivity contribution >= 4 is 17.7 Å². The summed E-state index contributed by atoms with van der Waals surface area (Å²) in [6.07, 6.45) is -2.11. The van der Waals surface area contributed by atoms with Crippen LogP contribution in [-0.2, 0) is 32.0 Å². The molecule has 0 aliphatic heterocycles. The van der Waals surface area contributed by atoms with Crippen LogP contribution in [0.15, 0.2) is 42.5 Å². The number of carbonyl (C=O) groups excluding carboxylic acids is 2.